The van der Waals surface area contributed by atoms with Crippen LogP contribution in [0, 0.1) is 18.8 Å². The molecule has 21 heavy (non-hydrogen) atoms. The standard InChI is InChI=1S/C19H33NO/c1-15(2)12-20-13-18(10-11-21-14-16(3)4)19-9-7-6-8-17(19)5/h6-9,15-16,18,20H,10-14H2,1-5H3. The predicted octanol–water partition coefficient (Wildman–Crippen LogP) is 4.39. The molecule has 1 atom stereocenters. The molecule has 1 aromatic carbocycles. The fraction of sp³-hybridized carbons (Fsp3) is 0.684. The van der Waals surface area contributed by atoms with E-state index in [-0.39, 0.29) is 0 Å². The molecular formula is C19H33NO. The highest BCUT2D eigenvalue weighted by molar-refractivity contribution is 5.29. The van der Waals surface area contributed by atoms with Crippen molar-refractivity contribution in [3.05, 3.63) is 35.4 Å². The van der Waals surface area contributed by atoms with E-state index in [9.17, 15) is 0 Å². The lowest BCUT2D eigenvalue weighted by molar-refractivity contribution is 0.103. The van der Waals surface area contributed by atoms with Crippen LogP contribution in [0.25, 0.3) is 0 Å². The quantitative estimate of drug-likeness (QED) is 0.646. The molecule has 1 unspecified atom stereocenters. The number of hydrogen-bond donors (Lipinski definition) is 1. The zero-order valence-corrected chi connectivity index (χ0v) is 14.5. The Morgan fingerprint density at radius 3 is 2.33 bits per heavy atom. The molecule has 0 aliphatic rings. The molecule has 0 aliphatic carbocycles. The number of benzene rings is 1. The van der Waals surface area contributed by atoms with Gasteiger partial charge in [-0.3, -0.25) is 0 Å². The Hall–Kier alpha value is -0.860. The second-order valence-electron chi connectivity index (χ2n) is 6.86. The van der Waals surface area contributed by atoms with Crippen molar-refractivity contribution in [1.29, 1.82) is 0 Å². The van der Waals surface area contributed by atoms with Crippen LogP contribution in [0.4, 0.5) is 0 Å². The molecular weight excluding hydrogens is 258 g/mol. The Morgan fingerprint density at radius 1 is 1.00 bits per heavy atom. The number of ether oxygens (including phenoxy) is 1. The zero-order valence-electron chi connectivity index (χ0n) is 14.5. The monoisotopic (exact) mass is 291 g/mol. The molecule has 1 aromatic rings. The van der Waals surface area contributed by atoms with Gasteiger partial charge >= 0.3 is 0 Å². The molecule has 120 valence electrons. The highest BCUT2D eigenvalue weighted by Gasteiger charge is 2.13. The van der Waals surface area contributed by atoms with Crippen LogP contribution in [-0.2, 0) is 4.74 Å². The minimum absolute atomic E-state index is 0.539. The van der Waals surface area contributed by atoms with E-state index in [0.717, 1.165) is 32.7 Å². The summed E-state index contributed by atoms with van der Waals surface area (Å²) in [5.41, 5.74) is 2.85. The minimum Gasteiger partial charge on any atom is -0.381 e. The third kappa shape index (κ3) is 7.63. The summed E-state index contributed by atoms with van der Waals surface area (Å²) in [6.45, 7) is 14.9. The fourth-order valence-corrected chi connectivity index (χ4v) is 2.50. The van der Waals surface area contributed by atoms with Crippen molar-refractivity contribution in [2.24, 2.45) is 11.8 Å². The summed E-state index contributed by atoms with van der Waals surface area (Å²) >= 11 is 0. The van der Waals surface area contributed by atoms with Gasteiger partial charge in [0.25, 0.3) is 0 Å². The smallest absolute Gasteiger partial charge is 0.0488 e. The predicted molar refractivity (Wildman–Crippen MR) is 91.9 cm³/mol. The molecule has 0 aliphatic heterocycles. The number of hydrogen-bond acceptors (Lipinski definition) is 2. The number of rotatable bonds is 10. The average molecular weight is 291 g/mol. The maximum Gasteiger partial charge on any atom is 0.0488 e. The van der Waals surface area contributed by atoms with Crippen molar-refractivity contribution in [3.8, 4) is 0 Å². The molecule has 0 amide bonds. The molecule has 0 fully saturated rings. The fourth-order valence-electron chi connectivity index (χ4n) is 2.50. The van der Waals surface area contributed by atoms with E-state index in [1.807, 2.05) is 0 Å². The lowest BCUT2D eigenvalue weighted by Gasteiger charge is -2.21. The zero-order chi connectivity index (χ0) is 15.7. The first-order valence-corrected chi connectivity index (χ1v) is 8.34. The van der Waals surface area contributed by atoms with Gasteiger partial charge in [0, 0.05) is 19.8 Å². The third-order valence-corrected chi connectivity index (χ3v) is 3.63. The van der Waals surface area contributed by atoms with Gasteiger partial charge in [-0.15, -0.1) is 0 Å². The molecule has 0 radical (unpaired) electrons. The molecule has 1 rings (SSSR count). The van der Waals surface area contributed by atoms with Crippen LogP contribution in [-0.4, -0.2) is 26.3 Å². The van der Waals surface area contributed by atoms with Crippen LogP contribution in [0.2, 0.25) is 0 Å². The summed E-state index contributed by atoms with van der Waals surface area (Å²) in [5, 5.41) is 3.60. The largest absolute Gasteiger partial charge is 0.381 e. The molecule has 2 nitrogen and oxygen atoms in total. The minimum atomic E-state index is 0.539. The van der Waals surface area contributed by atoms with Crippen molar-refractivity contribution in [2.45, 2.75) is 47.0 Å². The third-order valence-electron chi connectivity index (χ3n) is 3.63. The van der Waals surface area contributed by atoms with Crippen LogP contribution in [0.3, 0.4) is 0 Å². The first-order chi connectivity index (χ1) is 10.0. The highest BCUT2D eigenvalue weighted by atomic mass is 16.5. The molecule has 1 N–H and O–H groups in total. The van der Waals surface area contributed by atoms with Gasteiger partial charge in [0.15, 0.2) is 0 Å². The van der Waals surface area contributed by atoms with E-state index in [4.69, 9.17) is 4.74 Å². The Kier molecular flexibility index (Phi) is 8.63. The molecule has 0 heterocycles. The first-order valence-electron chi connectivity index (χ1n) is 8.34. The molecule has 0 saturated heterocycles. The van der Waals surface area contributed by atoms with Crippen LogP contribution in [0.1, 0.15) is 51.2 Å². The Labute approximate surface area is 131 Å². The lowest BCUT2D eigenvalue weighted by atomic mass is 9.92. The molecule has 0 aromatic heterocycles. The Bertz CT molecular complexity index is 387. The van der Waals surface area contributed by atoms with Crippen molar-refractivity contribution in [2.75, 3.05) is 26.3 Å². The average Bonchev–Trinajstić information content (AvgIpc) is 2.41. The normalized spacial score (nSPS) is 13.1. The summed E-state index contributed by atoms with van der Waals surface area (Å²) in [5.74, 6) is 1.85. The molecule has 0 saturated carbocycles. The van der Waals surface area contributed by atoms with Crippen LogP contribution < -0.4 is 5.32 Å². The topological polar surface area (TPSA) is 21.3 Å². The summed E-state index contributed by atoms with van der Waals surface area (Å²) in [6.07, 6.45) is 1.09. The van der Waals surface area contributed by atoms with Gasteiger partial charge in [0.1, 0.15) is 0 Å². The van der Waals surface area contributed by atoms with Crippen molar-refractivity contribution < 1.29 is 4.74 Å². The highest BCUT2D eigenvalue weighted by Crippen LogP contribution is 2.22. The van der Waals surface area contributed by atoms with Gasteiger partial charge in [-0.05, 0) is 48.8 Å². The Morgan fingerprint density at radius 2 is 1.71 bits per heavy atom. The van der Waals surface area contributed by atoms with Crippen LogP contribution in [0.5, 0.6) is 0 Å². The van der Waals surface area contributed by atoms with E-state index >= 15 is 0 Å². The van der Waals surface area contributed by atoms with Gasteiger partial charge in [0.2, 0.25) is 0 Å². The van der Waals surface area contributed by atoms with E-state index in [1.165, 1.54) is 11.1 Å². The van der Waals surface area contributed by atoms with E-state index in [1.54, 1.807) is 0 Å². The van der Waals surface area contributed by atoms with Gasteiger partial charge in [0.05, 0.1) is 0 Å². The Balaban J connectivity index is 2.55. The van der Waals surface area contributed by atoms with Gasteiger partial charge < -0.3 is 10.1 Å². The molecule has 0 bridgehead atoms. The van der Waals surface area contributed by atoms with E-state index in [2.05, 4.69) is 64.2 Å². The second kappa shape index (κ2) is 9.97. The van der Waals surface area contributed by atoms with Crippen LogP contribution >= 0.6 is 0 Å². The summed E-state index contributed by atoms with van der Waals surface area (Å²) in [4.78, 5) is 0. The maximum absolute atomic E-state index is 5.79. The number of nitrogens with one attached hydrogen (secondary N) is 1. The number of aryl methyl sites for hydroxylation is 1. The van der Waals surface area contributed by atoms with Gasteiger partial charge in [-0.25, -0.2) is 0 Å². The SMILES string of the molecule is Cc1ccccc1C(CCOCC(C)C)CNCC(C)C. The van der Waals surface area contributed by atoms with Gasteiger partial charge in [-0.1, -0.05) is 52.0 Å². The lowest BCUT2D eigenvalue weighted by Crippen LogP contribution is -2.26. The van der Waals surface area contributed by atoms with Crippen molar-refractivity contribution in [3.63, 3.8) is 0 Å². The first kappa shape index (κ1) is 18.2. The van der Waals surface area contributed by atoms with Crippen molar-refractivity contribution >= 4 is 0 Å². The summed E-state index contributed by atoms with van der Waals surface area (Å²) in [6, 6.07) is 8.73. The molecule has 0 spiro atoms. The maximum atomic E-state index is 5.79. The summed E-state index contributed by atoms with van der Waals surface area (Å²) in [7, 11) is 0. The summed E-state index contributed by atoms with van der Waals surface area (Å²) < 4.78 is 5.79. The van der Waals surface area contributed by atoms with Crippen LogP contribution in [0.15, 0.2) is 24.3 Å². The van der Waals surface area contributed by atoms with Gasteiger partial charge in [-0.2, -0.15) is 0 Å². The molecule has 2 heteroatoms. The van der Waals surface area contributed by atoms with E-state index in [0.29, 0.717) is 17.8 Å². The second-order valence-corrected chi connectivity index (χ2v) is 6.86. The van der Waals surface area contributed by atoms with E-state index < -0.39 is 0 Å². The van der Waals surface area contributed by atoms with Crippen molar-refractivity contribution in [1.82, 2.24) is 5.32 Å².